The molecule has 3 heteroatoms. The fourth-order valence-corrected chi connectivity index (χ4v) is 1.49. The molecule has 0 bridgehead atoms. The molecule has 0 radical (unpaired) electrons. The average molecular weight is 232 g/mol. The van der Waals surface area contributed by atoms with E-state index in [2.05, 4.69) is 4.74 Å². The Morgan fingerprint density at radius 3 is 2.29 bits per heavy atom. The lowest BCUT2D eigenvalue weighted by Gasteiger charge is -2.06. The van der Waals surface area contributed by atoms with Gasteiger partial charge in [-0.15, -0.1) is 0 Å². The standard InChI is InChI=1S/C14H16O3/c1-5-12(14(16)17-4)13(15)11-7-6-9(2)10(3)8-11/h5-8H,1-4H3/b12-5-. The maximum Gasteiger partial charge on any atom is 0.341 e. The Morgan fingerprint density at radius 1 is 1.18 bits per heavy atom. The predicted molar refractivity (Wildman–Crippen MR) is 66.0 cm³/mol. The molecule has 0 atom stereocenters. The molecule has 0 aliphatic heterocycles. The van der Waals surface area contributed by atoms with Crippen LogP contribution in [0, 0.1) is 13.8 Å². The maximum absolute atomic E-state index is 12.1. The van der Waals surface area contributed by atoms with Crippen molar-refractivity contribution in [2.75, 3.05) is 7.11 Å². The van der Waals surface area contributed by atoms with Crippen molar-refractivity contribution in [2.45, 2.75) is 20.8 Å². The summed E-state index contributed by atoms with van der Waals surface area (Å²) in [4.78, 5) is 23.5. The summed E-state index contributed by atoms with van der Waals surface area (Å²) < 4.78 is 4.57. The minimum absolute atomic E-state index is 0.0655. The third kappa shape index (κ3) is 2.81. The summed E-state index contributed by atoms with van der Waals surface area (Å²) in [5.74, 6) is -0.904. The largest absolute Gasteiger partial charge is 0.465 e. The molecule has 0 aliphatic carbocycles. The zero-order chi connectivity index (χ0) is 13.0. The number of rotatable bonds is 3. The van der Waals surface area contributed by atoms with Gasteiger partial charge in [0, 0.05) is 5.56 Å². The number of ether oxygens (including phenoxy) is 1. The van der Waals surface area contributed by atoms with Crippen molar-refractivity contribution in [3.05, 3.63) is 46.5 Å². The van der Waals surface area contributed by atoms with Gasteiger partial charge in [-0.2, -0.15) is 0 Å². The van der Waals surface area contributed by atoms with Crippen LogP contribution in [-0.4, -0.2) is 18.9 Å². The molecule has 1 aromatic carbocycles. The number of esters is 1. The Kier molecular flexibility index (Phi) is 4.21. The summed E-state index contributed by atoms with van der Waals surface area (Å²) in [6, 6.07) is 5.37. The third-order valence-electron chi connectivity index (χ3n) is 2.71. The number of hydrogen-bond acceptors (Lipinski definition) is 3. The molecule has 0 amide bonds. The highest BCUT2D eigenvalue weighted by Crippen LogP contribution is 2.14. The first-order valence-electron chi connectivity index (χ1n) is 5.37. The minimum atomic E-state index is -0.601. The molecule has 1 rings (SSSR count). The first-order chi connectivity index (χ1) is 8.01. The number of benzene rings is 1. The van der Waals surface area contributed by atoms with Gasteiger partial charge in [0.2, 0.25) is 0 Å². The smallest absolute Gasteiger partial charge is 0.341 e. The highest BCUT2D eigenvalue weighted by atomic mass is 16.5. The first kappa shape index (κ1) is 13.2. The minimum Gasteiger partial charge on any atom is -0.465 e. The fraction of sp³-hybridized carbons (Fsp3) is 0.286. The van der Waals surface area contributed by atoms with Gasteiger partial charge in [-0.25, -0.2) is 4.79 Å². The Balaban J connectivity index is 3.11. The van der Waals surface area contributed by atoms with Crippen molar-refractivity contribution in [3.63, 3.8) is 0 Å². The molecule has 0 spiro atoms. The fourth-order valence-electron chi connectivity index (χ4n) is 1.49. The summed E-state index contributed by atoms with van der Waals surface area (Å²) in [6.45, 7) is 5.55. The molecular formula is C14H16O3. The van der Waals surface area contributed by atoms with Crippen molar-refractivity contribution in [1.82, 2.24) is 0 Å². The number of ketones is 1. The lowest BCUT2D eigenvalue weighted by atomic mass is 9.99. The van der Waals surface area contributed by atoms with E-state index < -0.39 is 5.97 Å². The van der Waals surface area contributed by atoms with Gasteiger partial charge in [0.25, 0.3) is 0 Å². The molecule has 0 heterocycles. The second-order valence-corrected chi connectivity index (χ2v) is 3.82. The quantitative estimate of drug-likeness (QED) is 0.264. The topological polar surface area (TPSA) is 43.4 Å². The molecular weight excluding hydrogens is 216 g/mol. The normalized spacial score (nSPS) is 11.2. The van der Waals surface area contributed by atoms with E-state index in [1.807, 2.05) is 19.9 Å². The zero-order valence-corrected chi connectivity index (χ0v) is 10.5. The molecule has 0 saturated heterocycles. The molecule has 0 aliphatic rings. The molecule has 3 nitrogen and oxygen atoms in total. The van der Waals surface area contributed by atoms with E-state index in [1.165, 1.54) is 13.2 Å². The Bertz CT molecular complexity index is 484. The Morgan fingerprint density at radius 2 is 1.82 bits per heavy atom. The van der Waals surface area contributed by atoms with Crippen LogP contribution in [0.25, 0.3) is 0 Å². The van der Waals surface area contributed by atoms with Crippen LogP contribution in [-0.2, 0) is 9.53 Å². The SMILES string of the molecule is C/C=C(\C(=O)OC)C(=O)c1ccc(C)c(C)c1. The predicted octanol–water partition coefficient (Wildman–Crippen LogP) is 2.61. The lowest BCUT2D eigenvalue weighted by Crippen LogP contribution is -2.14. The second kappa shape index (κ2) is 5.43. The van der Waals surface area contributed by atoms with Crippen LogP contribution in [0.3, 0.4) is 0 Å². The van der Waals surface area contributed by atoms with Gasteiger partial charge in [-0.1, -0.05) is 18.2 Å². The van der Waals surface area contributed by atoms with Gasteiger partial charge in [0.1, 0.15) is 5.57 Å². The number of Topliss-reactive ketones (excluding diaryl/α,β-unsaturated/α-hetero) is 1. The first-order valence-corrected chi connectivity index (χ1v) is 5.37. The highest BCUT2D eigenvalue weighted by Gasteiger charge is 2.19. The van der Waals surface area contributed by atoms with E-state index in [-0.39, 0.29) is 11.4 Å². The van der Waals surface area contributed by atoms with E-state index in [0.29, 0.717) is 5.56 Å². The van der Waals surface area contributed by atoms with Crippen LogP contribution in [0.4, 0.5) is 0 Å². The summed E-state index contributed by atoms with van der Waals surface area (Å²) in [7, 11) is 1.26. The van der Waals surface area contributed by atoms with Crippen LogP contribution < -0.4 is 0 Å². The molecule has 17 heavy (non-hydrogen) atoms. The highest BCUT2D eigenvalue weighted by molar-refractivity contribution is 6.24. The van der Waals surface area contributed by atoms with Gasteiger partial charge in [0.05, 0.1) is 7.11 Å². The number of methoxy groups -OCH3 is 1. The summed E-state index contributed by atoms with van der Waals surface area (Å²) in [5.41, 5.74) is 2.71. The van der Waals surface area contributed by atoms with Crippen molar-refractivity contribution >= 4 is 11.8 Å². The molecule has 0 saturated carbocycles. The van der Waals surface area contributed by atoms with E-state index in [4.69, 9.17) is 0 Å². The molecule has 0 fully saturated rings. The van der Waals surface area contributed by atoms with Crippen molar-refractivity contribution in [3.8, 4) is 0 Å². The van der Waals surface area contributed by atoms with Crippen LogP contribution in [0.1, 0.15) is 28.4 Å². The van der Waals surface area contributed by atoms with Gasteiger partial charge < -0.3 is 4.74 Å². The summed E-state index contributed by atoms with van der Waals surface area (Å²) in [6.07, 6.45) is 1.48. The average Bonchev–Trinajstić information content (AvgIpc) is 2.33. The molecule has 0 unspecified atom stereocenters. The monoisotopic (exact) mass is 232 g/mol. The van der Waals surface area contributed by atoms with E-state index in [1.54, 1.807) is 19.1 Å². The molecule has 1 aromatic rings. The molecule has 0 aromatic heterocycles. The zero-order valence-electron chi connectivity index (χ0n) is 10.5. The van der Waals surface area contributed by atoms with Gasteiger partial charge in [-0.3, -0.25) is 4.79 Å². The lowest BCUT2D eigenvalue weighted by molar-refractivity contribution is -0.135. The maximum atomic E-state index is 12.1. The van der Waals surface area contributed by atoms with Crippen LogP contribution in [0.5, 0.6) is 0 Å². The van der Waals surface area contributed by atoms with Gasteiger partial charge in [0.15, 0.2) is 5.78 Å². The summed E-state index contributed by atoms with van der Waals surface area (Å²) >= 11 is 0. The van der Waals surface area contributed by atoms with Crippen molar-refractivity contribution < 1.29 is 14.3 Å². The summed E-state index contributed by atoms with van der Waals surface area (Å²) in [5, 5.41) is 0. The number of carbonyl (C=O) groups excluding carboxylic acids is 2. The number of hydrogen-bond donors (Lipinski definition) is 0. The van der Waals surface area contributed by atoms with Crippen LogP contribution >= 0.6 is 0 Å². The number of carbonyl (C=O) groups is 2. The van der Waals surface area contributed by atoms with Crippen molar-refractivity contribution in [2.24, 2.45) is 0 Å². The van der Waals surface area contributed by atoms with E-state index in [9.17, 15) is 9.59 Å². The van der Waals surface area contributed by atoms with Crippen molar-refractivity contribution in [1.29, 1.82) is 0 Å². The van der Waals surface area contributed by atoms with E-state index >= 15 is 0 Å². The number of allylic oxidation sites excluding steroid dienone is 1. The van der Waals surface area contributed by atoms with Gasteiger partial charge in [-0.05, 0) is 38.0 Å². The molecule has 0 N–H and O–H groups in total. The van der Waals surface area contributed by atoms with Crippen LogP contribution in [0.15, 0.2) is 29.8 Å². The third-order valence-corrected chi connectivity index (χ3v) is 2.71. The van der Waals surface area contributed by atoms with Crippen LogP contribution in [0.2, 0.25) is 0 Å². The molecule has 90 valence electrons. The Hall–Kier alpha value is -1.90. The second-order valence-electron chi connectivity index (χ2n) is 3.82. The van der Waals surface area contributed by atoms with Gasteiger partial charge >= 0.3 is 5.97 Å². The number of aryl methyl sites for hydroxylation is 2. The van der Waals surface area contributed by atoms with E-state index in [0.717, 1.165) is 11.1 Å². The Labute approximate surface area is 101 Å².